The zero-order chi connectivity index (χ0) is 18.4. The fourth-order valence-electron chi connectivity index (χ4n) is 2.79. The van der Waals surface area contributed by atoms with Crippen LogP contribution in [0.1, 0.15) is 19.8 Å². The zero-order valence-electron chi connectivity index (χ0n) is 14.6. The molecule has 0 fully saturated rings. The summed E-state index contributed by atoms with van der Waals surface area (Å²) >= 11 is 2.29. The lowest BCUT2D eigenvalue weighted by Gasteiger charge is -2.39. The van der Waals surface area contributed by atoms with Gasteiger partial charge in [-0.25, -0.2) is 0 Å². The van der Waals surface area contributed by atoms with Gasteiger partial charge in [0.05, 0.1) is 0 Å². The van der Waals surface area contributed by atoms with Crippen LogP contribution in [0.15, 0.2) is 99.6 Å². The summed E-state index contributed by atoms with van der Waals surface area (Å²) in [5, 5.41) is 0. The van der Waals surface area contributed by atoms with E-state index in [2.05, 4.69) is 71.1 Å². The highest BCUT2D eigenvalue weighted by atomic mass is 127. The van der Waals surface area contributed by atoms with Gasteiger partial charge in [0.15, 0.2) is 0 Å². The number of benzene rings is 3. The minimum Gasteiger partial charge on any atom is -0.402 e. The highest BCUT2D eigenvalue weighted by molar-refractivity contribution is 14.1. The molecule has 0 amide bonds. The molecule has 0 aliphatic heterocycles. The van der Waals surface area contributed by atoms with E-state index < -0.39 is 10.3 Å². The molecule has 3 aromatic carbocycles. The summed E-state index contributed by atoms with van der Waals surface area (Å²) in [5.74, 6) is -0.159. The van der Waals surface area contributed by atoms with E-state index in [1.54, 1.807) is 0 Å². The van der Waals surface area contributed by atoms with Gasteiger partial charge in [0, 0.05) is 24.7 Å². The Morgan fingerprint density at radius 1 is 0.808 bits per heavy atom. The van der Waals surface area contributed by atoms with Crippen LogP contribution in [-0.2, 0) is 8.98 Å². The molecule has 3 aromatic rings. The Balaban J connectivity index is 2.26. The average molecular weight is 476 g/mol. The molecule has 4 heteroatoms. The summed E-state index contributed by atoms with van der Waals surface area (Å²) in [6, 6.07) is 28.5. The number of hydrogen-bond acceptors (Lipinski definition) is 2. The Bertz CT molecular complexity index is 809. The molecule has 3 rings (SSSR count). The molecule has 26 heavy (non-hydrogen) atoms. The predicted octanol–water partition coefficient (Wildman–Crippen LogP) is 6.83. The lowest BCUT2D eigenvalue weighted by Crippen LogP contribution is -2.13. The quantitative estimate of drug-likeness (QED) is 0.365. The standard InChI is InChI=1S/C22H21IO2S/c1-2-9-22(24)25-26(19-10-5-3-6-11-19,20-12-7-4-8-13-20)21-16-14-18(23)15-17-21/h3-8,10-17H,2,9H2,1H3. The van der Waals surface area contributed by atoms with Crippen molar-refractivity contribution in [3.8, 4) is 0 Å². The van der Waals surface area contributed by atoms with E-state index in [1.165, 1.54) is 0 Å². The third-order valence-corrected chi connectivity index (χ3v) is 7.93. The van der Waals surface area contributed by atoms with Gasteiger partial charge in [-0.1, -0.05) is 43.3 Å². The smallest absolute Gasteiger partial charge is 0.317 e. The van der Waals surface area contributed by atoms with Crippen LogP contribution in [0.4, 0.5) is 0 Å². The molecule has 0 spiro atoms. The minimum absolute atomic E-state index is 0.159. The molecule has 0 saturated heterocycles. The van der Waals surface area contributed by atoms with Crippen LogP contribution in [0.25, 0.3) is 0 Å². The van der Waals surface area contributed by atoms with Crippen molar-refractivity contribution in [3.05, 3.63) is 88.5 Å². The van der Waals surface area contributed by atoms with Crippen molar-refractivity contribution in [1.29, 1.82) is 0 Å². The minimum atomic E-state index is -2.12. The predicted molar refractivity (Wildman–Crippen MR) is 115 cm³/mol. The van der Waals surface area contributed by atoms with Crippen LogP contribution in [-0.4, -0.2) is 5.97 Å². The van der Waals surface area contributed by atoms with Crippen LogP contribution < -0.4 is 0 Å². The molecule has 0 N–H and O–H groups in total. The third-order valence-electron chi connectivity index (χ3n) is 3.97. The monoisotopic (exact) mass is 476 g/mol. The summed E-state index contributed by atoms with van der Waals surface area (Å²) in [5.41, 5.74) is 0. The second-order valence-electron chi connectivity index (χ2n) is 5.84. The molecule has 0 saturated carbocycles. The lowest BCUT2D eigenvalue weighted by atomic mass is 10.3. The molecule has 0 aliphatic carbocycles. The van der Waals surface area contributed by atoms with Gasteiger partial charge in [-0.15, -0.1) is 0 Å². The molecule has 0 heterocycles. The van der Waals surface area contributed by atoms with E-state index in [0.717, 1.165) is 24.7 Å². The number of carbonyl (C=O) groups is 1. The Kier molecular flexibility index (Phi) is 6.38. The van der Waals surface area contributed by atoms with Gasteiger partial charge < -0.3 is 4.18 Å². The molecule has 134 valence electrons. The molecular formula is C22H21IO2S. The van der Waals surface area contributed by atoms with Crippen LogP contribution in [0.3, 0.4) is 0 Å². The second-order valence-corrected chi connectivity index (χ2v) is 9.78. The van der Waals surface area contributed by atoms with Gasteiger partial charge in [-0.2, -0.15) is 0 Å². The first-order chi connectivity index (χ1) is 12.7. The van der Waals surface area contributed by atoms with Crippen LogP contribution in [0.2, 0.25) is 0 Å². The topological polar surface area (TPSA) is 26.3 Å². The third kappa shape index (κ3) is 3.96. The van der Waals surface area contributed by atoms with Crippen molar-refractivity contribution in [3.63, 3.8) is 0 Å². The molecule has 0 unspecified atom stereocenters. The summed E-state index contributed by atoms with van der Waals surface area (Å²) in [4.78, 5) is 15.7. The molecule has 0 atom stereocenters. The molecule has 0 aliphatic rings. The van der Waals surface area contributed by atoms with Crippen molar-refractivity contribution in [1.82, 2.24) is 0 Å². The fourth-order valence-corrected chi connectivity index (χ4v) is 6.22. The largest absolute Gasteiger partial charge is 0.402 e. The summed E-state index contributed by atoms with van der Waals surface area (Å²) in [6.07, 6.45) is 1.18. The van der Waals surface area contributed by atoms with Crippen molar-refractivity contribution in [2.45, 2.75) is 34.5 Å². The van der Waals surface area contributed by atoms with Crippen LogP contribution >= 0.6 is 32.9 Å². The van der Waals surface area contributed by atoms with Gasteiger partial charge in [0.1, 0.15) is 0 Å². The molecule has 0 bridgehead atoms. The van der Waals surface area contributed by atoms with Crippen LogP contribution in [0.5, 0.6) is 0 Å². The maximum absolute atomic E-state index is 12.6. The van der Waals surface area contributed by atoms with Crippen molar-refractivity contribution < 1.29 is 8.98 Å². The van der Waals surface area contributed by atoms with E-state index in [4.69, 9.17) is 4.18 Å². The highest BCUT2D eigenvalue weighted by Crippen LogP contribution is 2.69. The van der Waals surface area contributed by atoms with Crippen LogP contribution in [0, 0.1) is 3.57 Å². The highest BCUT2D eigenvalue weighted by Gasteiger charge is 2.35. The number of halogens is 1. The lowest BCUT2D eigenvalue weighted by molar-refractivity contribution is -0.133. The summed E-state index contributed by atoms with van der Waals surface area (Å²) < 4.78 is 7.47. The summed E-state index contributed by atoms with van der Waals surface area (Å²) in [7, 11) is -2.12. The Labute approximate surface area is 170 Å². The first-order valence-electron chi connectivity index (χ1n) is 8.58. The SMILES string of the molecule is CCCC(=O)OS(c1ccccc1)(c1ccccc1)c1ccc(I)cc1. The maximum atomic E-state index is 12.6. The zero-order valence-corrected chi connectivity index (χ0v) is 17.6. The number of rotatable bonds is 6. The normalized spacial score (nSPS) is 11.8. The van der Waals surface area contributed by atoms with Gasteiger partial charge >= 0.3 is 5.97 Å². The number of carbonyl (C=O) groups excluding carboxylic acids is 1. The van der Waals surface area contributed by atoms with E-state index in [1.807, 2.05) is 43.3 Å². The van der Waals surface area contributed by atoms with Gasteiger partial charge in [0.2, 0.25) is 0 Å². The average Bonchev–Trinajstić information content (AvgIpc) is 2.68. The summed E-state index contributed by atoms with van der Waals surface area (Å²) in [6.45, 7) is 1.99. The second kappa shape index (κ2) is 8.73. The van der Waals surface area contributed by atoms with Crippen molar-refractivity contribution in [2.75, 3.05) is 0 Å². The molecule has 0 radical (unpaired) electrons. The van der Waals surface area contributed by atoms with Crippen molar-refractivity contribution in [2.24, 2.45) is 0 Å². The number of hydrogen-bond donors (Lipinski definition) is 0. The van der Waals surface area contributed by atoms with Gasteiger partial charge in [-0.3, -0.25) is 4.79 Å². The molecular weight excluding hydrogens is 455 g/mol. The van der Waals surface area contributed by atoms with E-state index in [-0.39, 0.29) is 5.97 Å². The Morgan fingerprint density at radius 3 is 1.73 bits per heavy atom. The fraction of sp³-hybridized carbons (Fsp3) is 0.136. The van der Waals surface area contributed by atoms with Gasteiger partial charge in [0.25, 0.3) is 0 Å². The Hall–Kier alpha value is -1.79. The molecule has 0 aromatic heterocycles. The first-order valence-corrected chi connectivity index (χ1v) is 11.2. The maximum Gasteiger partial charge on any atom is 0.317 e. The Morgan fingerprint density at radius 2 is 1.27 bits per heavy atom. The van der Waals surface area contributed by atoms with E-state index >= 15 is 0 Å². The van der Waals surface area contributed by atoms with Gasteiger partial charge in [-0.05, 0) is 87.9 Å². The van der Waals surface area contributed by atoms with E-state index in [0.29, 0.717) is 6.42 Å². The first kappa shape index (κ1) is 19.0. The molecule has 2 nitrogen and oxygen atoms in total. The van der Waals surface area contributed by atoms with Crippen molar-refractivity contribution >= 4 is 38.9 Å². The van der Waals surface area contributed by atoms with E-state index in [9.17, 15) is 4.79 Å².